The molecule has 1 aliphatic heterocycles. The number of aryl methyl sites for hydroxylation is 1. The Morgan fingerprint density at radius 3 is 2.53 bits per heavy atom. The lowest BCUT2D eigenvalue weighted by atomic mass is 9.72. The monoisotopic (exact) mass is 400 g/mol. The molecule has 0 radical (unpaired) electrons. The molecule has 0 saturated carbocycles. The normalized spacial score (nSPS) is 22.0. The molecule has 3 aromatic rings. The third-order valence-corrected chi connectivity index (χ3v) is 6.26. The third-order valence-electron chi connectivity index (χ3n) is 6.26. The average Bonchev–Trinajstić information content (AvgIpc) is 2.80. The Morgan fingerprint density at radius 2 is 1.83 bits per heavy atom. The van der Waals surface area contributed by atoms with Gasteiger partial charge >= 0.3 is 5.97 Å². The molecule has 0 aliphatic carbocycles. The van der Waals surface area contributed by atoms with Crippen LogP contribution in [0, 0.1) is 5.92 Å². The van der Waals surface area contributed by atoms with Crippen LogP contribution in [0.15, 0.2) is 79.1 Å². The third kappa shape index (κ3) is 4.14. The summed E-state index contributed by atoms with van der Waals surface area (Å²) >= 11 is 0. The minimum absolute atomic E-state index is 0.00555. The van der Waals surface area contributed by atoms with Gasteiger partial charge in [-0.15, -0.1) is 0 Å². The van der Waals surface area contributed by atoms with Crippen molar-refractivity contribution in [1.82, 2.24) is 9.88 Å². The van der Waals surface area contributed by atoms with Crippen LogP contribution in [0.25, 0.3) is 0 Å². The fourth-order valence-corrected chi connectivity index (χ4v) is 4.92. The van der Waals surface area contributed by atoms with E-state index in [2.05, 4.69) is 47.1 Å². The van der Waals surface area contributed by atoms with Gasteiger partial charge in [0, 0.05) is 30.9 Å². The largest absolute Gasteiger partial charge is 0.481 e. The second-order valence-corrected chi connectivity index (χ2v) is 8.00. The molecular formula is C26H28N2O2. The first kappa shape index (κ1) is 20.3. The smallest absolute Gasteiger partial charge is 0.309 e. The second-order valence-electron chi connectivity index (χ2n) is 8.00. The van der Waals surface area contributed by atoms with Crippen molar-refractivity contribution >= 4 is 5.97 Å². The summed E-state index contributed by atoms with van der Waals surface area (Å²) in [4.78, 5) is 19.2. The zero-order valence-electron chi connectivity index (χ0n) is 17.3. The minimum atomic E-state index is -0.726. The molecule has 0 spiro atoms. The molecule has 30 heavy (non-hydrogen) atoms. The van der Waals surface area contributed by atoms with E-state index in [9.17, 15) is 9.90 Å². The van der Waals surface area contributed by atoms with Gasteiger partial charge in [0.15, 0.2) is 0 Å². The summed E-state index contributed by atoms with van der Waals surface area (Å²) in [6.45, 7) is 3.68. The van der Waals surface area contributed by atoms with Gasteiger partial charge in [0.05, 0.1) is 5.92 Å². The maximum absolute atomic E-state index is 12.7. The summed E-state index contributed by atoms with van der Waals surface area (Å²) in [7, 11) is 0. The zero-order chi connectivity index (χ0) is 20.9. The van der Waals surface area contributed by atoms with Crippen molar-refractivity contribution in [1.29, 1.82) is 0 Å². The van der Waals surface area contributed by atoms with Crippen LogP contribution in [-0.2, 0) is 17.8 Å². The molecule has 1 aromatic heterocycles. The van der Waals surface area contributed by atoms with E-state index < -0.39 is 11.9 Å². The molecule has 4 nitrogen and oxygen atoms in total. The molecule has 0 amide bonds. The molecule has 0 bridgehead atoms. The molecule has 1 fully saturated rings. The molecule has 4 heteroatoms. The first-order chi connectivity index (χ1) is 14.7. The summed E-state index contributed by atoms with van der Waals surface area (Å²) < 4.78 is 0. The van der Waals surface area contributed by atoms with E-state index in [1.165, 1.54) is 11.1 Å². The Hall–Kier alpha value is -2.98. The number of likely N-dealkylation sites (tertiary alicyclic amines) is 1. The minimum Gasteiger partial charge on any atom is -0.481 e. The van der Waals surface area contributed by atoms with Gasteiger partial charge in [-0.25, -0.2) is 0 Å². The predicted molar refractivity (Wildman–Crippen MR) is 118 cm³/mol. The Balaban J connectivity index is 1.76. The van der Waals surface area contributed by atoms with Gasteiger partial charge < -0.3 is 5.11 Å². The molecular weight excluding hydrogens is 372 g/mol. The number of carboxylic acids is 1. The van der Waals surface area contributed by atoms with Gasteiger partial charge in [0.25, 0.3) is 0 Å². The number of rotatable bonds is 6. The number of carboxylic acid groups (broad SMARTS) is 1. The molecule has 3 atom stereocenters. The van der Waals surface area contributed by atoms with Gasteiger partial charge in [0.1, 0.15) is 0 Å². The number of piperidine rings is 1. The molecule has 1 saturated heterocycles. The SMILES string of the molecule is CCc1ccccc1[C@@H]1CCN(Cc2cccnc2)[C@@H](c2ccccc2)[C@H]1C(=O)O. The number of nitrogens with zero attached hydrogens (tertiary/aromatic N) is 2. The van der Waals surface area contributed by atoms with E-state index in [0.717, 1.165) is 30.5 Å². The van der Waals surface area contributed by atoms with Crippen molar-refractivity contribution in [3.8, 4) is 0 Å². The molecule has 2 heterocycles. The van der Waals surface area contributed by atoms with E-state index in [0.29, 0.717) is 6.54 Å². The van der Waals surface area contributed by atoms with Crippen LogP contribution in [0.4, 0.5) is 0 Å². The number of aliphatic carboxylic acids is 1. The zero-order valence-corrected chi connectivity index (χ0v) is 17.3. The molecule has 1 aliphatic rings. The van der Waals surface area contributed by atoms with E-state index in [1.807, 2.05) is 42.6 Å². The quantitative estimate of drug-likeness (QED) is 0.627. The summed E-state index contributed by atoms with van der Waals surface area (Å²) in [5.74, 6) is -1.24. The number of hydrogen-bond acceptors (Lipinski definition) is 3. The molecule has 1 N–H and O–H groups in total. The van der Waals surface area contributed by atoms with Crippen LogP contribution in [0.1, 0.15) is 47.6 Å². The Kier molecular flexibility index (Phi) is 6.24. The fourth-order valence-electron chi connectivity index (χ4n) is 4.92. The lowest BCUT2D eigenvalue weighted by Crippen LogP contribution is -2.45. The van der Waals surface area contributed by atoms with Gasteiger partial charge in [-0.3, -0.25) is 14.7 Å². The van der Waals surface area contributed by atoms with Gasteiger partial charge in [0.2, 0.25) is 0 Å². The summed E-state index contributed by atoms with van der Waals surface area (Å²) in [6, 6.07) is 22.2. The highest BCUT2D eigenvalue weighted by atomic mass is 16.4. The van der Waals surface area contributed by atoms with Crippen LogP contribution in [-0.4, -0.2) is 27.5 Å². The van der Waals surface area contributed by atoms with E-state index in [4.69, 9.17) is 0 Å². The average molecular weight is 401 g/mol. The lowest BCUT2D eigenvalue weighted by Gasteiger charge is -2.44. The molecule has 154 valence electrons. The number of carbonyl (C=O) groups is 1. The Morgan fingerprint density at radius 1 is 1.07 bits per heavy atom. The maximum atomic E-state index is 12.7. The van der Waals surface area contributed by atoms with Crippen molar-refractivity contribution in [3.63, 3.8) is 0 Å². The van der Waals surface area contributed by atoms with Crippen molar-refractivity contribution in [2.75, 3.05) is 6.54 Å². The van der Waals surface area contributed by atoms with Gasteiger partial charge in [-0.05, 0) is 47.7 Å². The summed E-state index contributed by atoms with van der Waals surface area (Å²) in [5, 5.41) is 10.4. The molecule has 0 unspecified atom stereocenters. The highest BCUT2D eigenvalue weighted by Gasteiger charge is 2.44. The topological polar surface area (TPSA) is 53.4 Å². The van der Waals surface area contributed by atoms with Crippen LogP contribution in [0.5, 0.6) is 0 Å². The van der Waals surface area contributed by atoms with Gasteiger partial charge in [-0.1, -0.05) is 67.6 Å². The fraction of sp³-hybridized carbons (Fsp3) is 0.308. The lowest BCUT2D eigenvalue weighted by molar-refractivity contribution is -0.147. The highest BCUT2D eigenvalue weighted by molar-refractivity contribution is 5.73. The van der Waals surface area contributed by atoms with Crippen molar-refractivity contribution in [2.45, 2.75) is 38.3 Å². The van der Waals surface area contributed by atoms with Crippen molar-refractivity contribution in [3.05, 3.63) is 101 Å². The predicted octanol–water partition coefficient (Wildman–Crippen LogP) is 5.08. The van der Waals surface area contributed by atoms with E-state index >= 15 is 0 Å². The Bertz CT molecular complexity index is 975. The van der Waals surface area contributed by atoms with E-state index in [-0.39, 0.29) is 12.0 Å². The van der Waals surface area contributed by atoms with Crippen LogP contribution in [0.3, 0.4) is 0 Å². The van der Waals surface area contributed by atoms with Gasteiger partial charge in [-0.2, -0.15) is 0 Å². The van der Waals surface area contributed by atoms with E-state index in [1.54, 1.807) is 6.20 Å². The van der Waals surface area contributed by atoms with Crippen molar-refractivity contribution < 1.29 is 9.90 Å². The summed E-state index contributed by atoms with van der Waals surface area (Å²) in [6.07, 6.45) is 5.38. The van der Waals surface area contributed by atoms with Crippen LogP contribution in [0.2, 0.25) is 0 Å². The molecule has 4 rings (SSSR count). The number of hydrogen-bond donors (Lipinski definition) is 1. The number of benzene rings is 2. The standard InChI is InChI=1S/C26H28N2O2/c1-2-20-10-6-7-13-22(20)23-14-16-28(18-19-9-8-15-27-17-19)25(24(23)26(29)30)21-11-4-3-5-12-21/h3-13,15,17,23-25H,2,14,16,18H2,1H3,(H,29,30)/t23-,24-,25-/m0/s1. The number of pyridine rings is 1. The number of aromatic nitrogens is 1. The molecule has 2 aromatic carbocycles. The first-order valence-corrected chi connectivity index (χ1v) is 10.7. The highest BCUT2D eigenvalue weighted by Crippen LogP contribution is 2.46. The first-order valence-electron chi connectivity index (χ1n) is 10.7. The maximum Gasteiger partial charge on any atom is 0.309 e. The van der Waals surface area contributed by atoms with Crippen molar-refractivity contribution in [2.24, 2.45) is 5.92 Å². The second kappa shape index (κ2) is 9.23. The van der Waals surface area contributed by atoms with Crippen LogP contribution < -0.4 is 0 Å². The summed E-state index contributed by atoms with van der Waals surface area (Å²) in [5.41, 5.74) is 4.61. The Labute approximate surface area is 178 Å². The van der Waals surface area contributed by atoms with Crippen LogP contribution >= 0.6 is 0 Å².